The van der Waals surface area contributed by atoms with E-state index >= 15 is 0 Å². The van der Waals surface area contributed by atoms with Gasteiger partial charge in [0.25, 0.3) is 0 Å². The molecular weight excluding hydrogens is 328 g/mol. The maximum atomic E-state index is 10.2. The molecule has 0 amide bonds. The van der Waals surface area contributed by atoms with E-state index in [1.165, 1.54) is 57.8 Å². The highest BCUT2D eigenvalue weighted by atomic mass is 16.3. The van der Waals surface area contributed by atoms with Crippen molar-refractivity contribution in [3.05, 3.63) is 11.6 Å². The molecule has 0 radical (unpaired) electrons. The second kappa shape index (κ2) is 6.89. The van der Waals surface area contributed by atoms with Gasteiger partial charge in [0.05, 0.1) is 6.10 Å². The molecule has 0 spiro atoms. The summed E-state index contributed by atoms with van der Waals surface area (Å²) in [6, 6.07) is 0. The molecule has 0 heterocycles. The minimum atomic E-state index is -0.0755. The second-order valence-electron chi connectivity index (χ2n) is 12.4. The number of hydrogen-bond acceptors (Lipinski definition) is 1. The van der Waals surface area contributed by atoms with E-state index in [4.69, 9.17) is 0 Å². The molecule has 0 aromatic heterocycles. The summed E-state index contributed by atoms with van der Waals surface area (Å²) in [6.07, 6.45) is 17.2. The first kappa shape index (κ1) is 20.0. The quantitative estimate of drug-likeness (QED) is 0.522. The summed E-state index contributed by atoms with van der Waals surface area (Å²) in [4.78, 5) is 0. The third kappa shape index (κ3) is 3.45. The molecule has 27 heavy (non-hydrogen) atoms. The van der Waals surface area contributed by atoms with Gasteiger partial charge in [-0.15, -0.1) is 0 Å². The fourth-order valence-corrected chi connectivity index (χ4v) is 8.10. The summed E-state index contributed by atoms with van der Waals surface area (Å²) in [5, 5.41) is 10.2. The molecule has 4 rings (SSSR count). The molecule has 3 unspecified atom stereocenters. The highest BCUT2D eigenvalue weighted by Gasteiger charge is 2.58. The zero-order chi connectivity index (χ0) is 19.4. The average Bonchev–Trinajstić information content (AvgIpc) is 2.91. The van der Waals surface area contributed by atoms with Crippen molar-refractivity contribution < 1.29 is 5.11 Å². The lowest BCUT2D eigenvalue weighted by Crippen LogP contribution is -2.50. The zero-order valence-electron chi connectivity index (χ0n) is 18.7. The highest BCUT2D eigenvalue weighted by molar-refractivity contribution is 5.25. The lowest BCUT2D eigenvalue weighted by atomic mass is 9.47. The van der Waals surface area contributed by atoms with Crippen LogP contribution in [0.1, 0.15) is 105 Å². The minimum absolute atomic E-state index is 0.0755. The average molecular weight is 373 g/mol. The van der Waals surface area contributed by atoms with Gasteiger partial charge in [-0.2, -0.15) is 0 Å². The number of aliphatic hydroxyl groups excluding tert-OH is 1. The predicted molar refractivity (Wildman–Crippen MR) is 115 cm³/mol. The Kier molecular flexibility index (Phi) is 5.10. The van der Waals surface area contributed by atoms with E-state index in [1.54, 1.807) is 5.57 Å². The van der Waals surface area contributed by atoms with Crippen molar-refractivity contribution in [1.29, 1.82) is 0 Å². The summed E-state index contributed by atoms with van der Waals surface area (Å²) in [5.74, 6) is 3.73. The SMILES string of the molecule is CC(C)(C)CCC[C@H]1CCC2C3CC=C4C[C@@H](O)CC[C@]4(C)C3CC[C@@]21C. The van der Waals surface area contributed by atoms with Crippen molar-refractivity contribution in [2.75, 3.05) is 0 Å². The van der Waals surface area contributed by atoms with Crippen LogP contribution in [0, 0.1) is 39.9 Å². The maximum absolute atomic E-state index is 10.2. The van der Waals surface area contributed by atoms with Crippen molar-refractivity contribution in [3.8, 4) is 0 Å². The Morgan fingerprint density at radius 3 is 2.56 bits per heavy atom. The van der Waals surface area contributed by atoms with Gasteiger partial charge in [0.2, 0.25) is 0 Å². The molecule has 0 aromatic carbocycles. The lowest BCUT2D eigenvalue weighted by Gasteiger charge is -2.58. The van der Waals surface area contributed by atoms with Crippen molar-refractivity contribution >= 4 is 0 Å². The van der Waals surface area contributed by atoms with Crippen LogP contribution in [0.2, 0.25) is 0 Å². The number of rotatable bonds is 3. The normalized spacial score (nSPS) is 47.0. The van der Waals surface area contributed by atoms with Crippen molar-refractivity contribution in [3.63, 3.8) is 0 Å². The number of allylic oxidation sites excluding steroid dienone is 1. The van der Waals surface area contributed by atoms with Gasteiger partial charge in [0, 0.05) is 0 Å². The molecule has 1 N–H and O–H groups in total. The molecule has 3 fully saturated rings. The Hall–Kier alpha value is -0.300. The second-order valence-corrected chi connectivity index (χ2v) is 12.4. The van der Waals surface area contributed by atoms with E-state index in [2.05, 4.69) is 40.7 Å². The topological polar surface area (TPSA) is 20.2 Å². The first-order chi connectivity index (χ1) is 12.6. The molecule has 3 saturated carbocycles. The summed E-state index contributed by atoms with van der Waals surface area (Å²) in [5.41, 5.74) is 3.11. The Morgan fingerprint density at radius 1 is 1.04 bits per heavy atom. The Morgan fingerprint density at radius 2 is 1.81 bits per heavy atom. The predicted octanol–water partition coefficient (Wildman–Crippen LogP) is 7.14. The van der Waals surface area contributed by atoms with E-state index in [1.807, 2.05) is 0 Å². The van der Waals surface area contributed by atoms with Gasteiger partial charge in [-0.05, 0) is 104 Å². The zero-order valence-corrected chi connectivity index (χ0v) is 18.7. The van der Waals surface area contributed by atoms with Gasteiger partial charge < -0.3 is 5.11 Å². The van der Waals surface area contributed by atoms with Gasteiger partial charge in [-0.1, -0.05) is 52.7 Å². The standard InChI is InChI=1S/C26H44O/c1-24(2,3)14-6-7-18-9-11-22-21-10-8-19-17-20(27)12-15-26(19,5)23(21)13-16-25(18,22)4/h8,18,20-23,27H,6-7,9-17H2,1-5H3/t18-,20-,21?,22?,23?,25+,26-/m0/s1. The highest BCUT2D eigenvalue weighted by Crippen LogP contribution is 2.66. The Labute approximate surface area is 168 Å². The van der Waals surface area contributed by atoms with E-state index in [9.17, 15) is 5.11 Å². The van der Waals surface area contributed by atoms with Crippen LogP contribution >= 0.6 is 0 Å². The lowest BCUT2D eigenvalue weighted by molar-refractivity contribution is -0.0510. The third-order valence-corrected chi connectivity index (χ3v) is 9.75. The van der Waals surface area contributed by atoms with Crippen LogP contribution in [-0.2, 0) is 0 Å². The smallest absolute Gasteiger partial charge is 0.0577 e. The maximum Gasteiger partial charge on any atom is 0.0577 e. The van der Waals surface area contributed by atoms with Crippen molar-refractivity contribution in [1.82, 2.24) is 0 Å². The van der Waals surface area contributed by atoms with Gasteiger partial charge in [0.1, 0.15) is 0 Å². The van der Waals surface area contributed by atoms with Crippen LogP contribution in [0.3, 0.4) is 0 Å². The molecule has 7 atom stereocenters. The van der Waals surface area contributed by atoms with Gasteiger partial charge in [-0.3, -0.25) is 0 Å². The van der Waals surface area contributed by atoms with Crippen LogP contribution in [-0.4, -0.2) is 11.2 Å². The summed E-state index contributed by atoms with van der Waals surface area (Å²) in [7, 11) is 0. The molecular formula is C26H44O. The Bertz CT molecular complexity index is 584. The molecule has 0 aliphatic heterocycles. The molecule has 0 saturated heterocycles. The fraction of sp³-hybridized carbons (Fsp3) is 0.923. The number of fused-ring (bicyclic) bond motifs is 5. The molecule has 4 aliphatic carbocycles. The van der Waals surface area contributed by atoms with Gasteiger partial charge in [0.15, 0.2) is 0 Å². The van der Waals surface area contributed by atoms with Crippen molar-refractivity contribution in [2.45, 2.75) is 111 Å². The largest absolute Gasteiger partial charge is 0.393 e. The van der Waals surface area contributed by atoms with Crippen LogP contribution in [0.4, 0.5) is 0 Å². The monoisotopic (exact) mass is 372 g/mol. The third-order valence-electron chi connectivity index (χ3n) is 9.75. The summed E-state index contributed by atoms with van der Waals surface area (Å²) in [6.45, 7) is 12.4. The summed E-state index contributed by atoms with van der Waals surface area (Å²) >= 11 is 0. The molecule has 1 nitrogen and oxygen atoms in total. The van der Waals surface area contributed by atoms with Crippen LogP contribution < -0.4 is 0 Å². The van der Waals surface area contributed by atoms with Crippen LogP contribution in [0.5, 0.6) is 0 Å². The number of hydrogen-bond donors (Lipinski definition) is 1. The first-order valence-electron chi connectivity index (χ1n) is 12.0. The van der Waals surface area contributed by atoms with Crippen LogP contribution in [0.25, 0.3) is 0 Å². The van der Waals surface area contributed by atoms with Crippen molar-refractivity contribution in [2.24, 2.45) is 39.9 Å². The number of aliphatic hydroxyl groups is 1. The van der Waals surface area contributed by atoms with E-state index in [0.29, 0.717) is 16.2 Å². The molecule has 4 aliphatic rings. The van der Waals surface area contributed by atoms with E-state index < -0.39 is 0 Å². The minimum Gasteiger partial charge on any atom is -0.393 e. The molecule has 154 valence electrons. The fourth-order valence-electron chi connectivity index (χ4n) is 8.10. The van der Waals surface area contributed by atoms with Gasteiger partial charge in [-0.25, -0.2) is 0 Å². The molecule has 0 bridgehead atoms. The summed E-state index contributed by atoms with van der Waals surface area (Å²) < 4.78 is 0. The Balaban J connectivity index is 1.49. The molecule has 1 heteroatoms. The van der Waals surface area contributed by atoms with E-state index in [-0.39, 0.29) is 6.10 Å². The van der Waals surface area contributed by atoms with Gasteiger partial charge >= 0.3 is 0 Å². The molecule has 0 aromatic rings. The van der Waals surface area contributed by atoms with Crippen LogP contribution in [0.15, 0.2) is 11.6 Å². The van der Waals surface area contributed by atoms with E-state index in [0.717, 1.165) is 36.5 Å². The first-order valence-corrected chi connectivity index (χ1v) is 12.0.